The first-order chi connectivity index (χ1) is 8.19. The molecule has 0 bridgehead atoms. The molecule has 1 atom stereocenters. The van der Waals surface area contributed by atoms with E-state index in [-0.39, 0.29) is 11.6 Å². The molecule has 0 aliphatic heterocycles. The summed E-state index contributed by atoms with van der Waals surface area (Å²) in [6.07, 6.45) is 3.95. The summed E-state index contributed by atoms with van der Waals surface area (Å²) in [7, 11) is 3.32. The van der Waals surface area contributed by atoms with Gasteiger partial charge in [0.05, 0.1) is 24.7 Å². The zero-order valence-electron chi connectivity index (χ0n) is 10.3. The first-order valence-corrected chi connectivity index (χ1v) is 5.81. The van der Waals surface area contributed by atoms with E-state index in [0.717, 1.165) is 12.8 Å². The summed E-state index contributed by atoms with van der Waals surface area (Å²) in [6.45, 7) is 0.383. The Bertz CT molecular complexity index is 357. The van der Waals surface area contributed by atoms with Gasteiger partial charge in [-0.15, -0.1) is 0 Å². The van der Waals surface area contributed by atoms with Crippen LogP contribution in [0, 0.1) is 0 Å². The quantitative estimate of drug-likeness (QED) is 0.794. The number of aromatic nitrogens is 2. The third-order valence-electron chi connectivity index (χ3n) is 3.33. The third kappa shape index (κ3) is 2.65. The van der Waals surface area contributed by atoms with Gasteiger partial charge in [-0.1, -0.05) is 5.16 Å². The summed E-state index contributed by atoms with van der Waals surface area (Å²) >= 11 is 0. The SMILES string of the molecule is COCC(N)c1noc(CC2(OC)CCC2)n1. The molecule has 0 saturated heterocycles. The van der Waals surface area contributed by atoms with Gasteiger partial charge < -0.3 is 19.7 Å². The van der Waals surface area contributed by atoms with Crippen LogP contribution in [0.15, 0.2) is 4.52 Å². The van der Waals surface area contributed by atoms with Crippen molar-refractivity contribution >= 4 is 0 Å². The van der Waals surface area contributed by atoms with Crippen LogP contribution in [0.1, 0.15) is 37.0 Å². The van der Waals surface area contributed by atoms with Crippen LogP contribution in [0.25, 0.3) is 0 Å². The minimum atomic E-state index is -0.336. The standard InChI is InChI=1S/C11H19N3O3/c1-15-7-8(12)10-13-9(17-14-10)6-11(16-2)4-3-5-11/h8H,3-7,12H2,1-2H3. The molecule has 1 aliphatic carbocycles. The van der Waals surface area contributed by atoms with Crippen molar-refractivity contribution in [1.82, 2.24) is 10.1 Å². The van der Waals surface area contributed by atoms with Crippen LogP contribution in [0.4, 0.5) is 0 Å². The average Bonchev–Trinajstić information content (AvgIpc) is 2.72. The second-order valence-electron chi connectivity index (χ2n) is 4.53. The largest absolute Gasteiger partial charge is 0.383 e. The molecule has 96 valence electrons. The van der Waals surface area contributed by atoms with Gasteiger partial charge in [0.2, 0.25) is 5.89 Å². The zero-order valence-corrected chi connectivity index (χ0v) is 10.3. The maximum absolute atomic E-state index is 5.82. The normalized spacial score (nSPS) is 19.9. The van der Waals surface area contributed by atoms with Crippen molar-refractivity contribution in [3.05, 3.63) is 11.7 Å². The molecule has 0 radical (unpaired) electrons. The predicted molar refractivity (Wildman–Crippen MR) is 60.4 cm³/mol. The van der Waals surface area contributed by atoms with Crippen LogP contribution >= 0.6 is 0 Å². The number of hydrogen-bond donors (Lipinski definition) is 1. The van der Waals surface area contributed by atoms with Gasteiger partial charge in [0.1, 0.15) is 0 Å². The molecule has 0 aromatic carbocycles. The molecule has 1 fully saturated rings. The minimum absolute atomic E-state index is 0.102. The molecule has 1 unspecified atom stereocenters. The van der Waals surface area contributed by atoms with Crippen LogP contribution in [-0.4, -0.2) is 36.6 Å². The number of methoxy groups -OCH3 is 2. The highest BCUT2D eigenvalue weighted by Gasteiger charge is 2.39. The molecule has 2 N–H and O–H groups in total. The van der Waals surface area contributed by atoms with Crippen LogP contribution in [0.5, 0.6) is 0 Å². The van der Waals surface area contributed by atoms with Crippen molar-refractivity contribution in [3.8, 4) is 0 Å². The summed E-state index contributed by atoms with van der Waals surface area (Å²) in [4.78, 5) is 4.28. The molecule has 6 nitrogen and oxygen atoms in total. The minimum Gasteiger partial charge on any atom is -0.383 e. The van der Waals surface area contributed by atoms with Gasteiger partial charge in [-0.05, 0) is 19.3 Å². The summed E-state index contributed by atoms with van der Waals surface area (Å²) < 4.78 is 15.7. The second kappa shape index (κ2) is 5.12. The molecular formula is C11H19N3O3. The highest BCUT2D eigenvalue weighted by Crippen LogP contribution is 2.37. The number of nitrogens with zero attached hydrogens (tertiary/aromatic N) is 2. The van der Waals surface area contributed by atoms with Crippen molar-refractivity contribution in [3.63, 3.8) is 0 Å². The van der Waals surface area contributed by atoms with E-state index in [4.69, 9.17) is 19.7 Å². The molecule has 1 aromatic rings. The average molecular weight is 241 g/mol. The van der Waals surface area contributed by atoms with Gasteiger partial charge in [0.15, 0.2) is 5.82 Å². The fourth-order valence-corrected chi connectivity index (χ4v) is 2.04. The van der Waals surface area contributed by atoms with Crippen LogP contribution in [-0.2, 0) is 15.9 Å². The Balaban J connectivity index is 1.98. The van der Waals surface area contributed by atoms with Crippen molar-refractivity contribution in [2.75, 3.05) is 20.8 Å². The molecule has 6 heteroatoms. The van der Waals surface area contributed by atoms with E-state index in [0.29, 0.717) is 24.7 Å². The van der Waals surface area contributed by atoms with Gasteiger partial charge in [0.25, 0.3) is 0 Å². The number of ether oxygens (including phenoxy) is 2. The van der Waals surface area contributed by atoms with Gasteiger partial charge in [-0.3, -0.25) is 0 Å². The Morgan fingerprint density at radius 3 is 2.76 bits per heavy atom. The lowest BCUT2D eigenvalue weighted by atomic mass is 9.77. The smallest absolute Gasteiger partial charge is 0.229 e. The van der Waals surface area contributed by atoms with E-state index in [1.54, 1.807) is 14.2 Å². The van der Waals surface area contributed by atoms with Crippen LogP contribution in [0.2, 0.25) is 0 Å². The molecule has 1 saturated carbocycles. The van der Waals surface area contributed by atoms with Crippen molar-refractivity contribution in [2.24, 2.45) is 5.73 Å². The summed E-state index contributed by atoms with van der Waals surface area (Å²) in [5, 5.41) is 3.86. The third-order valence-corrected chi connectivity index (χ3v) is 3.33. The molecule has 17 heavy (non-hydrogen) atoms. The maximum Gasteiger partial charge on any atom is 0.229 e. The lowest BCUT2D eigenvalue weighted by molar-refractivity contribution is -0.0751. The Kier molecular flexibility index (Phi) is 3.76. The lowest BCUT2D eigenvalue weighted by Crippen LogP contribution is -2.41. The van der Waals surface area contributed by atoms with Crippen LogP contribution < -0.4 is 5.73 Å². The summed E-state index contributed by atoms with van der Waals surface area (Å²) in [5.41, 5.74) is 5.72. The monoisotopic (exact) mass is 241 g/mol. The van der Waals surface area contributed by atoms with E-state index in [9.17, 15) is 0 Å². The maximum atomic E-state index is 5.82. The predicted octanol–water partition coefficient (Wildman–Crippen LogP) is 0.827. The summed E-state index contributed by atoms with van der Waals surface area (Å²) in [6, 6.07) is -0.336. The Labute approximate surface area is 100 Å². The molecular weight excluding hydrogens is 222 g/mol. The summed E-state index contributed by atoms with van der Waals surface area (Å²) in [5.74, 6) is 1.08. The van der Waals surface area contributed by atoms with E-state index >= 15 is 0 Å². The molecule has 0 spiro atoms. The Morgan fingerprint density at radius 1 is 1.47 bits per heavy atom. The zero-order chi connectivity index (χ0) is 12.3. The molecule has 1 heterocycles. The van der Waals surface area contributed by atoms with E-state index in [1.807, 2.05) is 0 Å². The fourth-order valence-electron chi connectivity index (χ4n) is 2.04. The molecule has 1 aromatic heterocycles. The topological polar surface area (TPSA) is 83.4 Å². The van der Waals surface area contributed by atoms with Crippen molar-refractivity contribution in [1.29, 1.82) is 0 Å². The fraction of sp³-hybridized carbons (Fsp3) is 0.818. The van der Waals surface area contributed by atoms with E-state index in [1.165, 1.54) is 6.42 Å². The lowest BCUT2D eigenvalue weighted by Gasteiger charge is -2.39. The molecule has 0 amide bonds. The highest BCUT2D eigenvalue weighted by atomic mass is 16.5. The van der Waals surface area contributed by atoms with Crippen LogP contribution in [0.3, 0.4) is 0 Å². The van der Waals surface area contributed by atoms with Crippen molar-refractivity contribution < 1.29 is 14.0 Å². The van der Waals surface area contributed by atoms with Gasteiger partial charge in [0, 0.05) is 14.2 Å². The molecule has 1 aliphatic rings. The number of nitrogens with two attached hydrogens (primary N) is 1. The second-order valence-corrected chi connectivity index (χ2v) is 4.53. The number of hydrogen-bond acceptors (Lipinski definition) is 6. The Morgan fingerprint density at radius 2 is 2.24 bits per heavy atom. The van der Waals surface area contributed by atoms with E-state index in [2.05, 4.69) is 10.1 Å². The first-order valence-electron chi connectivity index (χ1n) is 5.81. The molecule has 2 rings (SSSR count). The van der Waals surface area contributed by atoms with Crippen molar-refractivity contribution in [2.45, 2.75) is 37.3 Å². The van der Waals surface area contributed by atoms with E-state index < -0.39 is 0 Å². The highest BCUT2D eigenvalue weighted by molar-refractivity contribution is 5.00. The first kappa shape index (κ1) is 12.5. The number of rotatable bonds is 6. The van der Waals surface area contributed by atoms with Gasteiger partial charge in [-0.2, -0.15) is 4.98 Å². The van der Waals surface area contributed by atoms with Gasteiger partial charge >= 0.3 is 0 Å². The van der Waals surface area contributed by atoms with Gasteiger partial charge in [-0.25, -0.2) is 0 Å². The Hall–Kier alpha value is -0.980.